The van der Waals surface area contributed by atoms with Gasteiger partial charge in [0.15, 0.2) is 0 Å². The van der Waals surface area contributed by atoms with Gasteiger partial charge in [0.25, 0.3) is 0 Å². The molecule has 4 nitrogen and oxygen atoms in total. The van der Waals surface area contributed by atoms with E-state index in [1.54, 1.807) is 0 Å². The average molecular weight is 323 g/mol. The minimum absolute atomic E-state index is 0.274. The van der Waals surface area contributed by atoms with Crippen molar-refractivity contribution in [2.75, 3.05) is 0 Å². The Hall–Kier alpha value is -1.17. The Balaban J connectivity index is 1.90. The zero-order valence-corrected chi connectivity index (χ0v) is 12.6. The van der Waals surface area contributed by atoms with Crippen molar-refractivity contribution >= 4 is 15.9 Å². The summed E-state index contributed by atoms with van der Waals surface area (Å²) in [5.41, 5.74) is 5.43. The number of halogens is 1. The minimum atomic E-state index is 0.274. The quantitative estimate of drug-likeness (QED) is 0.633. The van der Waals surface area contributed by atoms with Crippen LogP contribution in [0, 0.1) is 0 Å². The highest BCUT2D eigenvalue weighted by atomic mass is 79.9. The molecule has 0 amide bonds. The molecule has 0 saturated heterocycles. The van der Waals surface area contributed by atoms with Crippen LogP contribution in [0.25, 0.3) is 0 Å². The molecule has 0 radical (unpaired) electrons. The highest BCUT2D eigenvalue weighted by Crippen LogP contribution is 2.13. The van der Waals surface area contributed by atoms with Crippen LogP contribution < -0.4 is 11.3 Å². The zero-order chi connectivity index (χ0) is 13.7. The van der Waals surface area contributed by atoms with Gasteiger partial charge in [-0.15, -0.1) is 0 Å². The molecule has 1 atom stereocenters. The predicted octanol–water partition coefficient (Wildman–Crippen LogP) is 2.19. The molecule has 1 unspecified atom stereocenters. The number of aromatic nitrogens is 2. The lowest BCUT2D eigenvalue weighted by atomic mass is 10.0. The third-order valence-corrected chi connectivity index (χ3v) is 3.83. The monoisotopic (exact) mass is 322 g/mol. The summed E-state index contributed by atoms with van der Waals surface area (Å²) >= 11 is 3.44. The normalized spacial score (nSPS) is 12.6. The molecular weight excluding hydrogens is 304 g/mol. The van der Waals surface area contributed by atoms with E-state index in [1.807, 2.05) is 24.0 Å². The topological polar surface area (TPSA) is 55.9 Å². The Kier molecular flexibility index (Phi) is 5.13. The first kappa shape index (κ1) is 14.2. The van der Waals surface area contributed by atoms with E-state index in [1.165, 1.54) is 11.3 Å². The molecular formula is C14H19BrN4. The maximum absolute atomic E-state index is 5.65. The van der Waals surface area contributed by atoms with Gasteiger partial charge in [0.1, 0.15) is 0 Å². The van der Waals surface area contributed by atoms with Crippen molar-refractivity contribution in [3.8, 4) is 0 Å². The summed E-state index contributed by atoms with van der Waals surface area (Å²) in [7, 11) is 1.97. The zero-order valence-electron chi connectivity index (χ0n) is 11.0. The molecule has 3 N–H and O–H groups in total. The second kappa shape index (κ2) is 6.84. The number of rotatable bonds is 6. The second-order valence-electron chi connectivity index (χ2n) is 4.68. The molecule has 0 saturated carbocycles. The van der Waals surface area contributed by atoms with Gasteiger partial charge in [0, 0.05) is 29.5 Å². The van der Waals surface area contributed by atoms with Crippen molar-refractivity contribution in [2.45, 2.75) is 25.3 Å². The van der Waals surface area contributed by atoms with Crippen LogP contribution in [0.5, 0.6) is 0 Å². The van der Waals surface area contributed by atoms with Gasteiger partial charge in [0.05, 0.1) is 0 Å². The minimum Gasteiger partial charge on any atom is -0.273 e. The van der Waals surface area contributed by atoms with Crippen molar-refractivity contribution < 1.29 is 0 Å². The first-order chi connectivity index (χ1) is 9.19. The van der Waals surface area contributed by atoms with E-state index in [9.17, 15) is 0 Å². The Morgan fingerprint density at radius 3 is 2.63 bits per heavy atom. The molecule has 2 rings (SSSR count). The number of hydrazine groups is 1. The summed E-state index contributed by atoms with van der Waals surface area (Å²) in [6.07, 6.45) is 4.73. The first-order valence-electron chi connectivity index (χ1n) is 6.36. The largest absolute Gasteiger partial charge is 0.273 e. The molecule has 0 aliphatic carbocycles. The van der Waals surface area contributed by atoms with Crippen molar-refractivity contribution in [2.24, 2.45) is 12.9 Å². The molecule has 0 aliphatic rings. The van der Waals surface area contributed by atoms with Crippen LogP contribution in [-0.4, -0.2) is 15.8 Å². The van der Waals surface area contributed by atoms with E-state index < -0.39 is 0 Å². The number of nitrogens with two attached hydrogens (primary N) is 1. The first-order valence-corrected chi connectivity index (χ1v) is 7.16. The second-order valence-corrected chi connectivity index (χ2v) is 5.59. The lowest BCUT2D eigenvalue weighted by Crippen LogP contribution is -2.37. The van der Waals surface area contributed by atoms with Gasteiger partial charge in [-0.1, -0.05) is 28.1 Å². The molecule has 102 valence electrons. The van der Waals surface area contributed by atoms with E-state index in [0.717, 1.165) is 23.7 Å². The van der Waals surface area contributed by atoms with Crippen LogP contribution in [0.3, 0.4) is 0 Å². The van der Waals surface area contributed by atoms with E-state index in [2.05, 4.69) is 50.7 Å². The smallest absolute Gasteiger partial charge is 0.0492 e. The van der Waals surface area contributed by atoms with Crippen LogP contribution in [-0.2, 0) is 19.9 Å². The Morgan fingerprint density at radius 1 is 1.32 bits per heavy atom. The molecule has 1 heterocycles. The third kappa shape index (κ3) is 4.16. The fourth-order valence-corrected chi connectivity index (χ4v) is 2.38. The Bertz CT molecular complexity index is 506. The van der Waals surface area contributed by atoms with Crippen LogP contribution in [0.2, 0.25) is 0 Å². The summed E-state index contributed by atoms with van der Waals surface area (Å²) in [5, 5.41) is 4.17. The van der Waals surface area contributed by atoms with Crippen LogP contribution in [0.4, 0.5) is 0 Å². The van der Waals surface area contributed by atoms with E-state index in [0.29, 0.717) is 0 Å². The van der Waals surface area contributed by atoms with Crippen molar-refractivity contribution in [3.63, 3.8) is 0 Å². The molecule has 19 heavy (non-hydrogen) atoms. The van der Waals surface area contributed by atoms with E-state index in [-0.39, 0.29) is 6.04 Å². The third-order valence-electron chi connectivity index (χ3n) is 3.30. The van der Waals surface area contributed by atoms with Gasteiger partial charge in [-0.25, -0.2) is 0 Å². The summed E-state index contributed by atoms with van der Waals surface area (Å²) < 4.78 is 3.01. The molecule has 0 fully saturated rings. The van der Waals surface area contributed by atoms with Crippen molar-refractivity contribution in [3.05, 3.63) is 52.3 Å². The number of hydrogen-bond donors (Lipinski definition) is 2. The van der Waals surface area contributed by atoms with Gasteiger partial charge in [-0.2, -0.15) is 5.10 Å². The fourth-order valence-electron chi connectivity index (χ4n) is 2.12. The predicted molar refractivity (Wildman–Crippen MR) is 80.5 cm³/mol. The molecule has 1 aromatic carbocycles. The summed E-state index contributed by atoms with van der Waals surface area (Å²) in [4.78, 5) is 0. The number of benzene rings is 1. The Morgan fingerprint density at radius 2 is 2.05 bits per heavy atom. The molecule has 0 bridgehead atoms. The van der Waals surface area contributed by atoms with Gasteiger partial charge < -0.3 is 0 Å². The van der Waals surface area contributed by atoms with Crippen molar-refractivity contribution in [1.29, 1.82) is 0 Å². The summed E-state index contributed by atoms with van der Waals surface area (Å²) in [5.74, 6) is 5.65. The SMILES string of the molecule is Cn1nccc1CCC(Cc1ccc(Br)cc1)NN. The number of hydrogen-bond acceptors (Lipinski definition) is 3. The molecule has 2 aromatic rings. The number of nitrogens with zero attached hydrogens (tertiary/aromatic N) is 2. The van der Waals surface area contributed by atoms with E-state index >= 15 is 0 Å². The molecule has 1 aromatic heterocycles. The maximum Gasteiger partial charge on any atom is 0.0492 e. The van der Waals surface area contributed by atoms with Gasteiger partial charge in [-0.3, -0.25) is 16.0 Å². The highest BCUT2D eigenvalue weighted by Gasteiger charge is 2.09. The van der Waals surface area contributed by atoms with Gasteiger partial charge in [0.2, 0.25) is 0 Å². The Labute approximate surface area is 122 Å². The van der Waals surface area contributed by atoms with Crippen molar-refractivity contribution in [1.82, 2.24) is 15.2 Å². The summed E-state index contributed by atoms with van der Waals surface area (Å²) in [6, 6.07) is 10.7. The lowest BCUT2D eigenvalue weighted by Gasteiger charge is -2.16. The number of aryl methyl sites for hydroxylation is 2. The van der Waals surface area contributed by atoms with Crippen LogP contribution >= 0.6 is 15.9 Å². The number of nitrogens with one attached hydrogen (secondary N) is 1. The van der Waals surface area contributed by atoms with Gasteiger partial charge in [-0.05, 0) is 43.0 Å². The highest BCUT2D eigenvalue weighted by molar-refractivity contribution is 9.10. The van der Waals surface area contributed by atoms with Crippen LogP contribution in [0.1, 0.15) is 17.7 Å². The molecule has 5 heteroatoms. The van der Waals surface area contributed by atoms with Gasteiger partial charge >= 0.3 is 0 Å². The van der Waals surface area contributed by atoms with Crippen LogP contribution in [0.15, 0.2) is 41.0 Å². The molecule has 0 aliphatic heterocycles. The fraction of sp³-hybridized carbons (Fsp3) is 0.357. The standard InChI is InChI=1S/C14H19BrN4/c1-19-14(8-9-17-19)7-6-13(18-16)10-11-2-4-12(15)5-3-11/h2-5,8-9,13,18H,6-7,10,16H2,1H3. The molecule has 0 spiro atoms. The van der Waals surface area contributed by atoms with E-state index in [4.69, 9.17) is 5.84 Å². The maximum atomic E-state index is 5.65. The summed E-state index contributed by atoms with van der Waals surface area (Å²) in [6.45, 7) is 0. The lowest BCUT2D eigenvalue weighted by molar-refractivity contribution is 0.484. The average Bonchev–Trinajstić information content (AvgIpc) is 2.82.